The molecule has 102 valence electrons. The minimum atomic E-state index is 0.323. The molecule has 0 unspecified atom stereocenters. The van der Waals surface area contributed by atoms with Gasteiger partial charge in [0, 0.05) is 12.0 Å². The van der Waals surface area contributed by atoms with Crippen LogP contribution in [0.25, 0.3) is 0 Å². The lowest BCUT2D eigenvalue weighted by atomic mass is 10.1. The van der Waals surface area contributed by atoms with Gasteiger partial charge in [0.1, 0.15) is 0 Å². The molecule has 1 atom stereocenters. The van der Waals surface area contributed by atoms with Crippen molar-refractivity contribution in [3.8, 4) is 0 Å². The Hall–Kier alpha value is -1.20. The summed E-state index contributed by atoms with van der Waals surface area (Å²) >= 11 is 1.76. The summed E-state index contributed by atoms with van der Waals surface area (Å²) in [6.07, 6.45) is 2.47. The molecule has 5 heteroatoms. The second-order valence-electron chi connectivity index (χ2n) is 5.39. The van der Waals surface area contributed by atoms with Gasteiger partial charge in [-0.25, -0.2) is 0 Å². The zero-order chi connectivity index (χ0) is 13.2. The minimum Gasteiger partial charge on any atom is -0.338 e. The van der Waals surface area contributed by atoms with Crippen molar-refractivity contribution in [2.24, 2.45) is 0 Å². The third kappa shape index (κ3) is 2.72. The van der Waals surface area contributed by atoms with Gasteiger partial charge in [-0.2, -0.15) is 16.3 Å². The first-order valence-corrected chi connectivity index (χ1v) is 7.77. The molecule has 1 aliphatic heterocycles. The number of rotatable bonds is 4. The van der Waals surface area contributed by atoms with E-state index in [4.69, 9.17) is 4.52 Å². The fourth-order valence-electron chi connectivity index (χ4n) is 2.60. The molecule has 0 bridgehead atoms. The molecule has 0 spiro atoms. The van der Waals surface area contributed by atoms with E-state index in [1.54, 1.807) is 11.3 Å². The van der Waals surface area contributed by atoms with Gasteiger partial charge in [-0.15, -0.1) is 0 Å². The number of thiophene rings is 1. The van der Waals surface area contributed by atoms with Gasteiger partial charge in [0.2, 0.25) is 5.89 Å². The van der Waals surface area contributed by atoms with Gasteiger partial charge < -0.3 is 4.52 Å². The summed E-state index contributed by atoms with van der Waals surface area (Å²) in [6, 6.07) is 2.74. The summed E-state index contributed by atoms with van der Waals surface area (Å²) in [4.78, 5) is 6.92. The summed E-state index contributed by atoms with van der Waals surface area (Å²) < 4.78 is 5.35. The molecule has 3 rings (SSSR count). The zero-order valence-electron chi connectivity index (χ0n) is 11.4. The molecule has 3 heterocycles. The second-order valence-corrected chi connectivity index (χ2v) is 6.17. The van der Waals surface area contributed by atoms with Crippen LogP contribution in [0.15, 0.2) is 21.3 Å². The van der Waals surface area contributed by atoms with Crippen LogP contribution in [0.4, 0.5) is 0 Å². The average Bonchev–Trinajstić information content (AvgIpc) is 3.09. The molecule has 0 N–H and O–H groups in total. The Kier molecular flexibility index (Phi) is 3.66. The molecular formula is C14H19N3OS. The van der Waals surface area contributed by atoms with Crippen LogP contribution in [-0.2, 0) is 6.54 Å². The van der Waals surface area contributed by atoms with Crippen LogP contribution in [0.1, 0.15) is 55.9 Å². The van der Waals surface area contributed by atoms with Crippen LogP contribution < -0.4 is 0 Å². The molecule has 0 radical (unpaired) electrons. The fourth-order valence-corrected chi connectivity index (χ4v) is 3.31. The Bertz CT molecular complexity index is 521. The maximum atomic E-state index is 5.35. The second kappa shape index (κ2) is 5.43. The van der Waals surface area contributed by atoms with E-state index in [0.29, 0.717) is 12.0 Å². The largest absolute Gasteiger partial charge is 0.338 e. The van der Waals surface area contributed by atoms with E-state index in [-0.39, 0.29) is 0 Å². The van der Waals surface area contributed by atoms with Gasteiger partial charge in [-0.1, -0.05) is 19.0 Å². The van der Waals surface area contributed by atoms with Crippen molar-refractivity contribution in [3.05, 3.63) is 34.1 Å². The Labute approximate surface area is 117 Å². The van der Waals surface area contributed by atoms with Gasteiger partial charge in [-0.05, 0) is 41.8 Å². The van der Waals surface area contributed by atoms with Gasteiger partial charge in [-0.3, -0.25) is 4.90 Å². The van der Waals surface area contributed by atoms with E-state index in [9.17, 15) is 0 Å². The number of hydrogen-bond acceptors (Lipinski definition) is 5. The van der Waals surface area contributed by atoms with Crippen molar-refractivity contribution < 1.29 is 4.52 Å². The quantitative estimate of drug-likeness (QED) is 0.856. The molecule has 1 aliphatic rings. The number of hydrogen-bond donors (Lipinski definition) is 0. The maximum absolute atomic E-state index is 5.35. The molecule has 1 fully saturated rings. The highest BCUT2D eigenvalue weighted by Crippen LogP contribution is 2.33. The fraction of sp³-hybridized carbons (Fsp3) is 0.571. The zero-order valence-corrected chi connectivity index (χ0v) is 12.2. The van der Waals surface area contributed by atoms with Crippen LogP contribution in [0, 0.1) is 0 Å². The summed E-state index contributed by atoms with van der Waals surface area (Å²) in [6.45, 7) is 6.04. The van der Waals surface area contributed by atoms with Gasteiger partial charge in [0.25, 0.3) is 0 Å². The van der Waals surface area contributed by atoms with Crippen LogP contribution in [-0.4, -0.2) is 21.6 Å². The first-order valence-electron chi connectivity index (χ1n) is 6.82. The highest BCUT2D eigenvalue weighted by Gasteiger charge is 2.27. The van der Waals surface area contributed by atoms with Crippen molar-refractivity contribution in [3.63, 3.8) is 0 Å². The van der Waals surface area contributed by atoms with Crippen molar-refractivity contribution in [2.75, 3.05) is 6.54 Å². The molecule has 2 aromatic rings. The minimum absolute atomic E-state index is 0.323. The molecule has 1 saturated heterocycles. The topological polar surface area (TPSA) is 42.2 Å². The van der Waals surface area contributed by atoms with Crippen molar-refractivity contribution >= 4 is 11.3 Å². The third-order valence-corrected chi connectivity index (χ3v) is 4.33. The molecule has 0 aromatic carbocycles. The van der Waals surface area contributed by atoms with E-state index < -0.39 is 0 Å². The van der Waals surface area contributed by atoms with E-state index in [0.717, 1.165) is 24.8 Å². The van der Waals surface area contributed by atoms with Gasteiger partial charge in [0.05, 0.1) is 6.54 Å². The molecular weight excluding hydrogens is 258 g/mol. The summed E-state index contributed by atoms with van der Waals surface area (Å²) in [7, 11) is 0. The van der Waals surface area contributed by atoms with Gasteiger partial charge in [0.15, 0.2) is 5.82 Å². The lowest BCUT2D eigenvalue weighted by Crippen LogP contribution is -2.22. The molecule has 4 nitrogen and oxygen atoms in total. The van der Waals surface area contributed by atoms with Crippen molar-refractivity contribution in [2.45, 2.75) is 45.2 Å². The SMILES string of the molecule is CC(C)c1noc(CN2CCC[C@H]2c2ccsc2)n1. The normalized spacial score (nSPS) is 20.5. The standard InChI is InChI=1S/C14H19N3OS/c1-10(2)14-15-13(18-16-14)8-17-6-3-4-12(17)11-5-7-19-9-11/h5,7,9-10,12H,3-4,6,8H2,1-2H3/t12-/m0/s1. The molecule has 0 aliphatic carbocycles. The number of nitrogens with zero attached hydrogens (tertiary/aromatic N) is 3. The van der Waals surface area contributed by atoms with E-state index >= 15 is 0 Å². The number of aromatic nitrogens is 2. The number of likely N-dealkylation sites (tertiary alicyclic amines) is 1. The molecule has 0 saturated carbocycles. The molecule has 0 amide bonds. The molecule has 2 aromatic heterocycles. The first-order chi connectivity index (χ1) is 9.24. The highest BCUT2D eigenvalue weighted by molar-refractivity contribution is 7.07. The van der Waals surface area contributed by atoms with Crippen LogP contribution in [0.2, 0.25) is 0 Å². The van der Waals surface area contributed by atoms with Crippen LogP contribution >= 0.6 is 11.3 Å². The predicted molar refractivity (Wildman–Crippen MR) is 75.1 cm³/mol. The van der Waals surface area contributed by atoms with E-state index in [1.807, 2.05) is 0 Å². The monoisotopic (exact) mass is 277 g/mol. The lowest BCUT2D eigenvalue weighted by Gasteiger charge is -2.21. The summed E-state index contributed by atoms with van der Waals surface area (Å²) in [5, 5.41) is 8.43. The predicted octanol–water partition coefficient (Wildman–Crippen LogP) is 3.59. The maximum Gasteiger partial charge on any atom is 0.240 e. The van der Waals surface area contributed by atoms with Crippen LogP contribution in [0.5, 0.6) is 0 Å². The first kappa shape index (κ1) is 12.8. The highest BCUT2D eigenvalue weighted by atomic mass is 32.1. The average molecular weight is 277 g/mol. The molecule has 19 heavy (non-hydrogen) atoms. The Balaban J connectivity index is 1.71. The van der Waals surface area contributed by atoms with E-state index in [2.05, 4.69) is 45.7 Å². The third-order valence-electron chi connectivity index (χ3n) is 3.63. The summed E-state index contributed by atoms with van der Waals surface area (Å²) in [5.41, 5.74) is 1.42. The van der Waals surface area contributed by atoms with Gasteiger partial charge >= 0.3 is 0 Å². The Morgan fingerprint density at radius 2 is 2.42 bits per heavy atom. The lowest BCUT2D eigenvalue weighted by molar-refractivity contribution is 0.212. The Morgan fingerprint density at radius 3 is 3.11 bits per heavy atom. The van der Waals surface area contributed by atoms with E-state index in [1.165, 1.54) is 18.4 Å². The smallest absolute Gasteiger partial charge is 0.240 e. The van der Waals surface area contributed by atoms with Crippen molar-refractivity contribution in [1.82, 2.24) is 15.0 Å². The van der Waals surface area contributed by atoms with Crippen molar-refractivity contribution in [1.29, 1.82) is 0 Å². The Morgan fingerprint density at radius 1 is 1.53 bits per heavy atom. The summed E-state index contributed by atoms with van der Waals surface area (Å²) in [5.74, 6) is 1.87. The van der Waals surface area contributed by atoms with Crippen LogP contribution in [0.3, 0.4) is 0 Å².